The first-order chi connectivity index (χ1) is 12.1. The summed E-state index contributed by atoms with van der Waals surface area (Å²) in [5.41, 5.74) is 0.739. The monoisotopic (exact) mass is 348 g/mol. The number of amides is 2. The molecule has 3 atom stereocenters. The lowest BCUT2D eigenvalue weighted by atomic mass is 10.1. The molecule has 0 bridgehead atoms. The molecule has 3 saturated heterocycles. The Labute approximate surface area is 145 Å². The summed E-state index contributed by atoms with van der Waals surface area (Å²) >= 11 is 0. The molecule has 1 unspecified atom stereocenters. The van der Waals surface area contributed by atoms with Gasteiger partial charge in [0.05, 0.1) is 24.7 Å². The van der Waals surface area contributed by atoms with E-state index in [9.17, 15) is 14.0 Å². The quantitative estimate of drug-likeness (QED) is 0.811. The lowest BCUT2D eigenvalue weighted by Gasteiger charge is -2.36. The van der Waals surface area contributed by atoms with E-state index in [4.69, 9.17) is 9.47 Å². The van der Waals surface area contributed by atoms with E-state index in [0.717, 1.165) is 12.0 Å². The fourth-order valence-corrected chi connectivity index (χ4v) is 3.87. The number of likely N-dealkylation sites (tertiary alicyclic amines) is 1. The normalized spacial score (nSPS) is 29.2. The summed E-state index contributed by atoms with van der Waals surface area (Å²) in [5.74, 6) is -0.454. The lowest BCUT2D eigenvalue weighted by molar-refractivity contribution is -0.153. The van der Waals surface area contributed by atoms with Gasteiger partial charge in [-0.3, -0.25) is 9.59 Å². The topological polar surface area (TPSA) is 59.1 Å². The maximum atomic E-state index is 13.4. The minimum absolute atomic E-state index is 0.00501. The van der Waals surface area contributed by atoms with Crippen molar-refractivity contribution in [1.29, 1.82) is 0 Å². The first kappa shape index (κ1) is 16.5. The van der Waals surface area contributed by atoms with Crippen LogP contribution in [0.3, 0.4) is 0 Å². The number of ether oxygens (including phenoxy) is 2. The van der Waals surface area contributed by atoms with Crippen molar-refractivity contribution < 1.29 is 23.5 Å². The van der Waals surface area contributed by atoms with Gasteiger partial charge in [0.2, 0.25) is 11.8 Å². The third kappa shape index (κ3) is 3.26. The molecule has 6 nitrogen and oxygen atoms in total. The maximum absolute atomic E-state index is 13.4. The van der Waals surface area contributed by atoms with Crippen LogP contribution >= 0.6 is 0 Å². The number of hydrogen-bond acceptors (Lipinski definition) is 4. The summed E-state index contributed by atoms with van der Waals surface area (Å²) < 4.78 is 24.4. The van der Waals surface area contributed by atoms with Gasteiger partial charge in [-0.1, -0.05) is 12.1 Å². The Balaban J connectivity index is 1.48. The minimum Gasteiger partial charge on any atom is -0.381 e. The molecule has 3 aliphatic rings. The van der Waals surface area contributed by atoms with Crippen molar-refractivity contribution >= 4 is 11.8 Å². The zero-order chi connectivity index (χ0) is 17.4. The number of morpholine rings is 1. The van der Waals surface area contributed by atoms with Gasteiger partial charge in [0.15, 0.2) is 0 Å². The van der Waals surface area contributed by atoms with Gasteiger partial charge in [0.1, 0.15) is 12.4 Å². The predicted octanol–water partition coefficient (Wildman–Crippen LogP) is 0.800. The molecule has 0 saturated carbocycles. The van der Waals surface area contributed by atoms with E-state index in [1.54, 1.807) is 21.9 Å². The largest absolute Gasteiger partial charge is 0.381 e. The molecule has 7 heteroatoms. The average Bonchev–Trinajstić information content (AvgIpc) is 3.26. The van der Waals surface area contributed by atoms with Crippen molar-refractivity contribution in [3.63, 3.8) is 0 Å². The maximum Gasteiger partial charge on any atom is 0.249 e. The van der Waals surface area contributed by atoms with Crippen LogP contribution in [0.25, 0.3) is 0 Å². The minimum atomic E-state index is -0.320. The van der Waals surface area contributed by atoms with E-state index < -0.39 is 0 Å². The average molecular weight is 348 g/mol. The van der Waals surface area contributed by atoms with Gasteiger partial charge < -0.3 is 19.3 Å². The summed E-state index contributed by atoms with van der Waals surface area (Å²) in [4.78, 5) is 28.5. The van der Waals surface area contributed by atoms with E-state index >= 15 is 0 Å². The fourth-order valence-electron chi connectivity index (χ4n) is 3.87. The smallest absolute Gasteiger partial charge is 0.249 e. The van der Waals surface area contributed by atoms with Crippen LogP contribution in [0.2, 0.25) is 0 Å². The van der Waals surface area contributed by atoms with Gasteiger partial charge >= 0.3 is 0 Å². The second kappa shape index (κ2) is 6.72. The van der Waals surface area contributed by atoms with E-state index in [1.807, 2.05) is 0 Å². The van der Waals surface area contributed by atoms with Crippen molar-refractivity contribution in [2.75, 3.05) is 32.9 Å². The van der Waals surface area contributed by atoms with Gasteiger partial charge in [-0.25, -0.2) is 4.39 Å². The number of hydrogen-bond donors (Lipinski definition) is 0. The molecule has 0 spiro atoms. The highest BCUT2D eigenvalue weighted by molar-refractivity contribution is 5.81. The molecule has 0 N–H and O–H groups in total. The van der Waals surface area contributed by atoms with Crippen molar-refractivity contribution in [1.82, 2.24) is 9.80 Å². The second-order valence-corrected chi connectivity index (χ2v) is 6.87. The molecule has 3 heterocycles. The molecular weight excluding hydrogens is 327 g/mol. The van der Waals surface area contributed by atoms with Crippen molar-refractivity contribution in [3.05, 3.63) is 35.6 Å². The number of rotatable bonds is 3. The molecule has 2 amide bonds. The van der Waals surface area contributed by atoms with E-state index in [-0.39, 0.29) is 42.3 Å². The molecule has 1 aromatic carbocycles. The molecule has 25 heavy (non-hydrogen) atoms. The van der Waals surface area contributed by atoms with Gasteiger partial charge in [0.25, 0.3) is 0 Å². The lowest BCUT2D eigenvalue weighted by Crippen LogP contribution is -2.53. The van der Waals surface area contributed by atoms with Gasteiger partial charge in [-0.2, -0.15) is 0 Å². The van der Waals surface area contributed by atoms with Crippen LogP contribution in [-0.4, -0.2) is 66.7 Å². The summed E-state index contributed by atoms with van der Waals surface area (Å²) in [6.07, 6.45) is 0.565. The van der Waals surface area contributed by atoms with Crippen molar-refractivity contribution in [2.24, 2.45) is 5.92 Å². The zero-order valence-corrected chi connectivity index (χ0v) is 13.9. The Kier molecular flexibility index (Phi) is 4.43. The summed E-state index contributed by atoms with van der Waals surface area (Å²) in [5, 5.41) is 0. The van der Waals surface area contributed by atoms with Crippen LogP contribution in [0, 0.1) is 11.7 Å². The number of carbonyl (C=O) groups excluding carboxylic acids is 2. The predicted molar refractivity (Wildman–Crippen MR) is 86.0 cm³/mol. The van der Waals surface area contributed by atoms with Crippen LogP contribution in [0.1, 0.15) is 12.0 Å². The molecule has 3 fully saturated rings. The van der Waals surface area contributed by atoms with E-state index in [0.29, 0.717) is 32.8 Å². The number of nitrogens with zero attached hydrogens (tertiary/aromatic N) is 2. The Morgan fingerprint density at radius 3 is 2.96 bits per heavy atom. The van der Waals surface area contributed by atoms with Crippen molar-refractivity contribution in [2.45, 2.75) is 25.1 Å². The van der Waals surface area contributed by atoms with Gasteiger partial charge in [-0.15, -0.1) is 0 Å². The summed E-state index contributed by atoms with van der Waals surface area (Å²) in [6.45, 7) is 2.38. The standard InChI is InChI=1S/C18H21FN2O4/c19-14-3-1-2-12(6-14)7-21-15-8-20(9-16(15)25-11-17(21)22)18(23)13-4-5-24-10-13/h1-3,6,13,15-16H,4-5,7-11H2/t13?,15-,16-/m1/s1. The number of benzene rings is 1. The Hall–Kier alpha value is -1.99. The molecule has 0 radical (unpaired) electrons. The molecule has 1 aromatic rings. The molecule has 0 aliphatic carbocycles. The summed E-state index contributed by atoms with van der Waals surface area (Å²) in [6, 6.07) is 6.07. The van der Waals surface area contributed by atoms with E-state index in [1.165, 1.54) is 12.1 Å². The zero-order valence-electron chi connectivity index (χ0n) is 13.9. The van der Waals surface area contributed by atoms with Crippen LogP contribution in [0.15, 0.2) is 24.3 Å². The highest BCUT2D eigenvalue weighted by Gasteiger charge is 2.45. The molecule has 4 rings (SSSR count). The highest BCUT2D eigenvalue weighted by Crippen LogP contribution is 2.27. The SMILES string of the molecule is O=C(C1CCOC1)N1C[C@@H]2[C@@H](C1)OCC(=O)N2Cc1cccc(F)c1. The Morgan fingerprint density at radius 2 is 2.20 bits per heavy atom. The molecule has 134 valence electrons. The Bertz CT molecular complexity index is 677. The van der Waals surface area contributed by atoms with E-state index in [2.05, 4.69) is 0 Å². The number of fused-ring (bicyclic) bond motifs is 1. The van der Waals surface area contributed by atoms with Gasteiger partial charge in [-0.05, 0) is 24.1 Å². The first-order valence-electron chi connectivity index (χ1n) is 8.64. The third-order valence-electron chi connectivity index (χ3n) is 5.21. The summed E-state index contributed by atoms with van der Waals surface area (Å²) in [7, 11) is 0. The number of halogens is 1. The highest BCUT2D eigenvalue weighted by atomic mass is 19.1. The number of carbonyl (C=O) groups is 2. The van der Waals surface area contributed by atoms with Crippen LogP contribution in [0.4, 0.5) is 4.39 Å². The van der Waals surface area contributed by atoms with Crippen LogP contribution in [-0.2, 0) is 25.6 Å². The third-order valence-corrected chi connectivity index (χ3v) is 5.21. The first-order valence-corrected chi connectivity index (χ1v) is 8.64. The van der Waals surface area contributed by atoms with Crippen LogP contribution in [0.5, 0.6) is 0 Å². The second-order valence-electron chi connectivity index (χ2n) is 6.87. The molecular formula is C18H21FN2O4. The molecule has 0 aromatic heterocycles. The fraction of sp³-hybridized carbons (Fsp3) is 0.556. The Morgan fingerprint density at radius 1 is 1.32 bits per heavy atom. The van der Waals surface area contributed by atoms with Crippen LogP contribution < -0.4 is 0 Å². The molecule has 3 aliphatic heterocycles. The van der Waals surface area contributed by atoms with Gasteiger partial charge in [0, 0.05) is 26.2 Å². The van der Waals surface area contributed by atoms with Crippen molar-refractivity contribution in [3.8, 4) is 0 Å².